The summed E-state index contributed by atoms with van der Waals surface area (Å²) in [6, 6.07) is 0.249. The van der Waals surface area contributed by atoms with Gasteiger partial charge in [0.25, 0.3) is 0 Å². The summed E-state index contributed by atoms with van der Waals surface area (Å²) in [5.74, 6) is 0.0260. The Bertz CT molecular complexity index is 232. The summed E-state index contributed by atoms with van der Waals surface area (Å²) in [4.78, 5) is 14.0. The van der Waals surface area contributed by atoms with Crippen LogP contribution in [0.5, 0.6) is 0 Å². The molecule has 5 heteroatoms. The highest BCUT2D eigenvalue weighted by molar-refractivity contribution is 6.30. The number of nitrogens with zero attached hydrogens (tertiary/aromatic N) is 1. The summed E-state index contributed by atoms with van der Waals surface area (Å²) in [5.41, 5.74) is 0. The molecule has 1 aliphatic rings. The van der Waals surface area contributed by atoms with Gasteiger partial charge in [-0.2, -0.15) is 0 Å². The molecule has 4 nitrogen and oxygen atoms in total. The molecule has 0 aromatic carbocycles. The number of amides is 1. The van der Waals surface area contributed by atoms with Gasteiger partial charge in [-0.05, 0) is 19.3 Å². The Hall–Kier alpha value is -0.320. The summed E-state index contributed by atoms with van der Waals surface area (Å²) in [7, 11) is 1.64. The lowest BCUT2D eigenvalue weighted by atomic mass is 10.1. The van der Waals surface area contributed by atoms with E-state index in [4.69, 9.17) is 21.1 Å². The largest absolute Gasteiger partial charge is 0.383 e. The van der Waals surface area contributed by atoms with Crippen molar-refractivity contribution in [2.45, 2.75) is 37.6 Å². The average Bonchev–Trinajstić information content (AvgIpc) is 2.39. The maximum absolute atomic E-state index is 12.2. The first-order valence-electron chi connectivity index (χ1n) is 6.22. The van der Waals surface area contributed by atoms with E-state index in [1.807, 2.05) is 11.8 Å². The minimum absolute atomic E-state index is 0.0260. The minimum Gasteiger partial charge on any atom is -0.383 e. The van der Waals surface area contributed by atoms with Crippen LogP contribution in [0.25, 0.3) is 0 Å². The lowest BCUT2D eigenvalue weighted by Gasteiger charge is -2.35. The molecule has 1 aliphatic heterocycles. The third kappa shape index (κ3) is 4.45. The Morgan fingerprint density at radius 1 is 1.53 bits per heavy atom. The van der Waals surface area contributed by atoms with Gasteiger partial charge in [0.15, 0.2) is 0 Å². The molecular formula is C12H22ClNO3. The molecule has 0 radical (unpaired) electrons. The van der Waals surface area contributed by atoms with Crippen molar-refractivity contribution in [1.29, 1.82) is 0 Å². The number of halogens is 1. The van der Waals surface area contributed by atoms with Crippen LogP contribution >= 0.6 is 11.6 Å². The van der Waals surface area contributed by atoms with Crippen molar-refractivity contribution in [2.75, 3.05) is 33.5 Å². The van der Waals surface area contributed by atoms with Gasteiger partial charge in [0, 0.05) is 32.9 Å². The maximum atomic E-state index is 12.2. The van der Waals surface area contributed by atoms with E-state index in [1.165, 1.54) is 0 Å². The van der Waals surface area contributed by atoms with E-state index in [2.05, 4.69) is 0 Å². The van der Waals surface area contributed by atoms with E-state index in [9.17, 15) is 4.79 Å². The van der Waals surface area contributed by atoms with Crippen molar-refractivity contribution >= 4 is 17.5 Å². The molecule has 0 unspecified atom stereocenters. The predicted molar refractivity (Wildman–Crippen MR) is 67.4 cm³/mol. The SMILES string of the molecule is CC[C@@H](Cl)C(=O)N(CCOC)C1CCOCC1. The van der Waals surface area contributed by atoms with Crippen molar-refractivity contribution in [1.82, 2.24) is 4.90 Å². The van der Waals surface area contributed by atoms with Crippen LogP contribution in [0, 0.1) is 0 Å². The normalized spacial score (nSPS) is 19.0. The van der Waals surface area contributed by atoms with Gasteiger partial charge in [0.1, 0.15) is 5.38 Å². The van der Waals surface area contributed by atoms with Gasteiger partial charge < -0.3 is 14.4 Å². The number of rotatable bonds is 6. The summed E-state index contributed by atoms with van der Waals surface area (Å²) in [5, 5.41) is -0.422. The molecule has 1 atom stereocenters. The number of alkyl halides is 1. The third-order valence-corrected chi connectivity index (χ3v) is 3.57. The highest BCUT2D eigenvalue weighted by Crippen LogP contribution is 2.17. The number of hydrogen-bond acceptors (Lipinski definition) is 3. The molecule has 1 heterocycles. The molecule has 1 saturated heterocycles. The molecule has 0 aromatic rings. The molecule has 100 valence electrons. The first kappa shape index (κ1) is 14.7. The van der Waals surface area contributed by atoms with Gasteiger partial charge in [-0.15, -0.1) is 11.6 Å². The van der Waals surface area contributed by atoms with E-state index in [1.54, 1.807) is 7.11 Å². The molecule has 0 aromatic heterocycles. The molecule has 0 saturated carbocycles. The minimum atomic E-state index is -0.422. The van der Waals surface area contributed by atoms with Crippen LogP contribution in [0.15, 0.2) is 0 Å². The highest BCUT2D eigenvalue weighted by Gasteiger charge is 2.28. The van der Waals surface area contributed by atoms with Crippen LogP contribution in [-0.4, -0.2) is 55.7 Å². The van der Waals surface area contributed by atoms with Crippen LogP contribution in [0.1, 0.15) is 26.2 Å². The average molecular weight is 264 g/mol. The Kier molecular flexibility index (Phi) is 6.85. The first-order chi connectivity index (χ1) is 8.20. The predicted octanol–water partition coefficient (Wildman–Crippen LogP) is 1.66. The molecule has 0 aliphatic carbocycles. The third-order valence-electron chi connectivity index (χ3n) is 3.08. The number of carbonyl (C=O) groups excluding carboxylic acids is 1. The molecular weight excluding hydrogens is 242 g/mol. The van der Waals surface area contributed by atoms with Crippen molar-refractivity contribution < 1.29 is 14.3 Å². The Morgan fingerprint density at radius 3 is 2.71 bits per heavy atom. The fourth-order valence-corrected chi connectivity index (χ4v) is 2.14. The van der Waals surface area contributed by atoms with Crippen molar-refractivity contribution in [3.8, 4) is 0 Å². The van der Waals surface area contributed by atoms with E-state index in [-0.39, 0.29) is 11.9 Å². The molecule has 0 spiro atoms. The van der Waals surface area contributed by atoms with Gasteiger partial charge in [-0.25, -0.2) is 0 Å². The zero-order chi connectivity index (χ0) is 12.7. The highest BCUT2D eigenvalue weighted by atomic mass is 35.5. The van der Waals surface area contributed by atoms with E-state index < -0.39 is 5.38 Å². The summed E-state index contributed by atoms with van der Waals surface area (Å²) in [6.07, 6.45) is 2.44. The quantitative estimate of drug-likeness (QED) is 0.684. The van der Waals surface area contributed by atoms with Crippen LogP contribution in [-0.2, 0) is 14.3 Å². The van der Waals surface area contributed by atoms with Crippen molar-refractivity contribution in [3.05, 3.63) is 0 Å². The summed E-state index contributed by atoms with van der Waals surface area (Å²) in [6.45, 7) is 4.54. The van der Waals surface area contributed by atoms with Crippen LogP contribution in [0.3, 0.4) is 0 Å². The fraction of sp³-hybridized carbons (Fsp3) is 0.917. The molecule has 1 rings (SSSR count). The zero-order valence-electron chi connectivity index (χ0n) is 10.7. The topological polar surface area (TPSA) is 38.8 Å². The van der Waals surface area contributed by atoms with E-state index in [0.29, 0.717) is 19.6 Å². The lowest BCUT2D eigenvalue weighted by molar-refractivity contribution is -0.135. The molecule has 0 bridgehead atoms. The fourth-order valence-electron chi connectivity index (χ4n) is 2.01. The summed E-state index contributed by atoms with van der Waals surface area (Å²) >= 11 is 6.05. The summed E-state index contributed by atoms with van der Waals surface area (Å²) < 4.78 is 10.4. The Morgan fingerprint density at radius 2 is 2.18 bits per heavy atom. The molecule has 1 amide bonds. The number of ether oxygens (including phenoxy) is 2. The van der Waals surface area contributed by atoms with Crippen LogP contribution in [0.4, 0.5) is 0 Å². The van der Waals surface area contributed by atoms with E-state index >= 15 is 0 Å². The monoisotopic (exact) mass is 263 g/mol. The van der Waals surface area contributed by atoms with Crippen molar-refractivity contribution in [2.24, 2.45) is 0 Å². The maximum Gasteiger partial charge on any atom is 0.240 e. The van der Waals surface area contributed by atoms with Gasteiger partial charge in [-0.1, -0.05) is 6.92 Å². The second kappa shape index (κ2) is 7.90. The van der Waals surface area contributed by atoms with Gasteiger partial charge in [0.2, 0.25) is 5.91 Å². The second-order valence-corrected chi connectivity index (χ2v) is 4.77. The molecule has 0 N–H and O–H groups in total. The molecule has 17 heavy (non-hydrogen) atoms. The van der Waals surface area contributed by atoms with Gasteiger partial charge in [-0.3, -0.25) is 4.79 Å². The number of hydrogen-bond donors (Lipinski definition) is 0. The first-order valence-corrected chi connectivity index (χ1v) is 6.65. The van der Waals surface area contributed by atoms with Crippen molar-refractivity contribution in [3.63, 3.8) is 0 Å². The lowest BCUT2D eigenvalue weighted by Crippen LogP contribution is -2.47. The number of carbonyl (C=O) groups is 1. The molecule has 1 fully saturated rings. The number of methoxy groups -OCH3 is 1. The Balaban J connectivity index is 2.60. The smallest absolute Gasteiger partial charge is 0.240 e. The standard InChI is InChI=1S/C12H22ClNO3/c1-3-11(13)12(15)14(6-9-16-2)10-4-7-17-8-5-10/h10-11H,3-9H2,1-2H3/t11-/m1/s1. The van der Waals surface area contributed by atoms with Crippen LogP contribution < -0.4 is 0 Å². The second-order valence-electron chi connectivity index (χ2n) is 4.24. The van der Waals surface area contributed by atoms with Crippen LogP contribution in [0.2, 0.25) is 0 Å². The van der Waals surface area contributed by atoms with E-state index in [0.717, 1.165) is 26.1 Å². The Labute approximate surface area is 108 Å². The van der Waals surface area contributed by atoms with Gasteiger partial charge in [0.05, 0.1) is 6.61 Å². The zero-order valence-corrected chi connectivity index (χ0v) is 11.4. The van der Waals surface area contributed by atoms with Gasteiger partial charge >= 0.3 is 0 Å².